The van der Waals surface area contributed by atoms with Gasteiger partial charge >= 0.3 is 0 Å². The van der Waals surface area contributed by atoms with Crippen LogP contribution in [-0.4, -0.2) is 94.0 Å². The summed E-state index contributed by atoms with van der Waals surface area (Å²) in [6.07, 6.45) is 2.16. The van der Waals surface area contributed by atoms with Crippen LogP contribution in [0.5, 0.6) is 0 Å². The van der Waals surface area contributed by atoms with Gasteiger partial charge < -0.3 is 14.6 Å². The molecule has 0 aromatic carbocycles. The fourth-order valence-electron chi connectivity index (χ4n) is 3.26. The van der Waals surface area contributed by atoms with Gasteiger partial charge in [-0.05, 0) is 26.9 Å². The van der Waals surface area contributed by atoms with E-state index in [0.717, 1.165) is 50.9 Å². The lowest BCUT2D eigenvalue weighted by Gasteiger charge is -2.34. The SMILES string of the molecule is CN1CCN(CC(O)CN(C)Cc2nnc(C3CC3)n2C)CC1. The Morgan fingerprint density at radius 1 is 1.17 bits per heavy atom. The third kappa shape index (κ3) is 4.50. The van der Waals surface area contributed by atoms with Crippen molar-refractivity contribution < 1.29 is 5.11 Å². The molecule has 23 heavy (non-hydrogen) atoms. The fourth-order valence-corrected chi connectivity index (χ4v) is 3.26. The summed E-state index contributed by atoms with van der Waals surface area (Å²) >= 11 is 0. The highest BCUT2D eigenvalue weighted by Crippen LogP contribution is 2.38. The van der Waals surface area contributed by atoms with Gasteiger partial charge in [-0.2, -0.15) is 0 Å². The van der Waals surface area contributed by atoms with Crippen LogP contribution in [0.4, 0.5) is 0 Å². The lowest BCUT2D eigenvalue weighted by molar-refractivity contribution is 0.0587. The summed E-state index contributed by atoms with van der Waals surface area (Å²) in [6, 6.07) is 0. The Hall–Kier alpha value is -1.02. The first-order chi connectivity index (χ1) is 11.0. The van der Waals surface area contributed by atoms with Crippen LogP contribution in [0.3, 0.4) is 0 Å². The Kier molecular flexibility index (Phi) is 5.31. The third-order valence-electron chi connectivity index (χ3n) is 4.94. The van der Waals surface area contributed by atoms with E-state index in [2.05, 4.69) is 43.6 Å². The zero-order valence-corrected chi connectivity index (χ0v) is 14.6. The highest BCUT2D eigenvalue weighted by molar-refractivity contribution is 5.07. The Morgan fingerprint density at radius 2 is 1.87 bits per heavy atom. The van der Waals surface area contributed by atoms with Crippen LogP contribution >= 0.6 is 0 Å². The van der Waals surface area contributed by atoms with Gasteiger partial charge in [-0.1, -0.05) is 0 Å². The highest BCUT2D eigenvalue weighted by atomic mass is 16.3. The Balaban J connectivity index is 1.44. The molecule has 2 fully saturated rings. The number of aromatic nitrogens is 3. The number of aliphatic hydroxyl groups is 1. The van der Waals surface area contributed by atoms with Gasteiger partial charge in [-0.25, -0.2) is 0 Å². The maximum Gasteiger partial charge on any atom is 0.146 e. The summed E-state index contributed by atoms with van der Waals surface area (Å²) in [5, 5.41) is 19.0. The summed E-state index contributed by atoms with van der Waals surface area (Å²) in [4.78, 5) is 6.83. The smallest absolute Gasteiger partial charge is 0.146 e. The number of likely N-dealkylation sites (N-methyl/N-ethyl adjacent to an activating group) is 2. The highest BCUT2D eigenvalue weighted by Gasteiger charge is 2.29. The predicted octanol–water partition coefficient (Wildman–Crippen LogP) is -0.267. The molecule has 1 saturated carbocycles. The quantitative estimate of drug-likeness (QED) is 0.746. The van der Waals surface area contributed by atoms with Crippen LogP contribution in [0.15, 0.2) is 0 Å². The minimum atomic E-state index is -0.320. The number of hydrogen-bond acceptors (Lipinski definition) is 6. The number of β-amino-alcohol motifs (C(OH)–C–C–N with tert-alkyl or cyclic N) is 1. The zero-order valence-electron chi connectivity index (χ0n) is 14.6. The molecular formula is C16H30N6O. The second kappa shape index (κ2) is 7.25. The van der Waals surface area contributed by atoms with Crippen LogP contribution in [0.2, 0.25) is 0 Å². The van der Waals surface area contributed by atoms with Crippen molar-refractivity contribution >= 4 is 0 Å². The summed E-state index contributed by atoms with van der Waals surface area (Å²) < 4.78 is 2.13. The van der Waals surface area contributed by atoms with Gasteiger partial charge in [0.15, 0.2) is 0 Å². The molecule has 0 bridgehead atoms. The van der Waals surface area contributed by atoms with Crippen LogP contribution in [-0.2, 0) is 13.6 Å². The maximum atomic E-state index is 10.3. The molecule has 1 aromatic heterocycles. The normalized spacial score (nSPS) is 22.0. The van der Waals surface area contributed by atoms with Gasteiger partial charge in [0.25, 0.3) is 0 Å². The summed E-state index contributed by atoms with van der Waals surface area (Å²) in [6.45, 7) is 6.42. The van der Waals surface area contributed by atoms with Gasteiger partial charge in [0.2, 0.25) is 0 Å². The van der Waals surface area contributed by atoms with Gasteiger partial charge in [0.1, 0.15) is 11.6 Å². The van der Waals surface area contributed by atoms with Crippen molar-refractivity contribution in [3.05, 3.63) is 11.6 Å². The summed E-state index contributed by atoms with van der Waals surface area (Å²) in [5.41, 5.74) is 0. The zero-order chi connectivity index (χ0) is 16.4. The van der Waals surface area contributed by atoms with E-state index in [-0.39, 0.29) is 6.10 Å². The molecule has 0 spiro atoms. The standard InChI is InChI=1S/C16H30N6O/c1-19-6-8-22(9-7-19)11-14(23)10-20(2)12-15-17-18-16(21(15)3)13-4-5-13/h13-14,23H,4-12H2,1-3H3. The number of nitrogens with zero attached hydrogens (tertiary/aromatic N) is 6. The van der Waals surface area contributed by atoms with E-state index in [1.54, 1.807) is 0 Å². The van der Waals surface area contributed by atoms with Crippen molar-refractivity contribution in [2.75, 3.05) is 53.4 Å². The molecule has 1 aliphatic heterocycles. The average Bonchev–Trinajstić information content (AvgIpc) is 3.28. The first-order valence-corrected chi connectivity index (χ1v) is 8.68. The molecule has 1 N–H and O–H groups in total. The van der Waals surface area contributed by atoms with E-state index in [9.17, 15) is 5.11 Å². The Labute approximate surface area is 138 Å². The van der Waals surface area contributed by atoms with E-state index in [4.69, 9.17) is 0 Å². The van der Waals surface area contributed by atoms with Crippen molar-refractivity contribution in [1.82, 2.24) is 29.5 Å². The van der Waals surface area contributed by atoms with E-state index in [0.29, 0.717) is 12.5 Å². The minimum Gasteiger partial charge on any atom is -0.390 e. The molecule has 2 heterocycles. The van der Waals surface area contributed by atoms with Gasteiger partial charge in [-0.15, -0.1) is 10.2 Å². The van der Waals surface area contributed by atoms with Crippen molar-refractivity contribution in [1.29, 1.82) is 0 Å². The van der Waals surface area contributed by atoms with Crippen molar-refractivity contribution in [3.8, 4) is 0 Å². The van der Waals surface area contributed by atoms with E-state index < -0.39 is 0 Å². The largest absolute Gasteiger partial charge is 0.390 e. The van der Waals surface area contributed by atoms with Gasteiger partial charge in [0.05, 0.1) is 12.6 Å². The third-order valence-corrected chi connectivity index (χ3v) is 4.94. The van der Waals surface area contributed by atoms with E-state index in [1.165, 1.54) is 12.8 Å². The molecule has 3 rings (SSSR count). The van der Waals surface area contributed by atoms with Crippen molar-refractivity contribution in [3.63, 3.8) is 0 Å². The van der Waals surface area contributed by atoms with Crippen molar-refractivity contribution in [2.45, 2.75) is 31.4 Å². The molecule has 1 aromatic rings. The predicted molar refractivity (Wildman–Crippen MR) is 89.3 cm³/mol. The van der Waals surface area contributed by atoms with Crippen LogP contribution in [0.25, 0.3) is 0 Å². The van der Waals surface area contributed by atoms with E-state index in [1.807, 2.05) is 7.05 Å². The molecule has 130 valence electrons. The first kappa shape index (κ1) is 16.8. The minimum absolute atomic E-state index is 0.320. The fraction of sp³-hybridized carbons (Fsp3) is 0.875. The molecule has 1 aliphatic carbocycles. The number of piperazine rings is 1. The van der Waals surface area contributed by atoms with Gasteiger partial charge in [0, 0.05) is 52.2 Å². The maximum absolute atomic E-state index is 10.3. The van der Waals surface area contributed by atoms with Crippen LogP contribution in [0, 0.1) is 0 Å². The Bertz CT molecular complexity index is 507. The molecular weight excluding hydrogens is 292 g/mol. The van der Waals surface area contributed by atoms with E-state index >= 15 is 0 Å². The second-order valence-corrected chi connectivity index (χ2v) is 7.26. The average molecular weight is 322 g/mol. The molecule has 1 unspecified atom stereocenters. The molecule has 7 nitrogen and oxygen atoms in total. The molecule has 7 heteroatoms. The summed E-state index contributed by atoms with van der Waals surface area (Å²) in [5.74, 6) is 2.72. The molecule has 0 amide bonds. The Morgan fingerprint density at radius 3 is 2.52 bits per heavy atom. The van der Waals surface area contributed by atoms with Crippen LogP contribution < -0.4 is 0 Å². The molecule has 1 atom stereocenters. The topological polar surface area (TPSA) is 60.7 Å². The monoisotopic (exact) mass is 322 g/mol. The summed E-state index contributed by atoms with van der Waals surface area (Å²) in [7, 11) is 6.24. The number of aliphatic hydroxyl groups excluding tert-OH is 1. The molecule has 1 saturated heterocycles. The molecule has 2 aliphatic rings. The lowest BCUT2D eigenvalue weighted by Crippen LogP contribution is -2.48. The number of rotatable bonds is 7. The van der Waals surface area contributed by atoms with Crippen LogP contribution in [0.1, 0.15) is 30.4 Å². The van der Waals surface area contributed by atoms with Crippen molar-refractivity contribution in [2.24, 2.45) is 7.05 Å². The molecule has 0 radical (unpaired) electrons. The number of hydrogen-bond donors (Lipinski definition) is 1. The lowest BCUT2D eigenvalue weighted by atomic mass is 10.2. The first-order valence-electron chi connectivity index (χ1n) is 8.68. The second-order valence-electron chi connectivity index (χ2n) is 7.26. The van der Waals surface area contributed by atoms with Gasteiger partial charge in [-0.3, -0.25) is 9.80 Å².